The molecule has 0 saturated carbocycles. The van der Waals surface area contributed by atoms with Gasteiger partial charge in [0.15, 0.2) is 10.9 Å². The van der Waals surface area contributed by atoms with Gasteiger partial charge in [0.1, 0.15) is 16.5 Å². The largest absolute Gasteiger partial charge is 0.494 e. The molecule has 0 atom stereocenters. The minimum Gasteiger partial charge on any atom is -0.494 e. The SMILES string of the molecule is COc1c(Cl)cc(C(C)(C)c2cnc(SCc3ccc(F)c(S(N)(=O)=O)c3)n2-c2ccc(F)cc2)cc1Cl. The van der Waals surface area contributed by atoms with Crippen LogP contribution in [0.3, 0.4) is 0 Å². The van der Waals surface area contributed by atoms with E-state index in [0.717, 1.165) is 17.3 Å². The first-order valence-electron chi connectivity index (χ1n) is 11.1. The topological polar surface area (TPSA) is 87.2 Å². The molecule has 6 nitrogen and oxygen atoms in total. The highest BCUT2D eigenvalue weighted by molar-refractivity contribution is 7.98. The van der Waals surface area contributed by atoms with Crippen molar-refractivity contribution in [3.63, 3.8) is 0 Å². The molecule has 0 aliphatic rings. The molecule has 0 saturated heterocycles. The van der Waals surface area contributed by atoms with Crippen LogP contribution in [-0.4, -0.2) is 25.1 Å². The van der Waals surface area contributed by atoms with E-state index in [-0.39, 0.29) is 11.6 Å². The van der Waals surface area contributed by atoms with Gasteiger partial charge in [-0.3, -0.25) is 4.57 Å². The van der Waals surface area contributed by atoms with Crippen molar-refractivity contribution in [3.8, 4) is 11.4 Å². The Balaban J connectivity index is 1.78. The van der Waals surface area contributed by atoms with Gasteiger partial charge in [0.05, 0.1) is 29.0 Å². The Bertz CT molecular complexity index is 1590. The third kappa shape index (κ3) is 5.69. The van der Waals surface area contributed by atoms with Gasteiger partial charge in [0.2, 0.25) is 10.0 Å². The van der Waals surface area contributed by atoms with E-state index in [9.17, 15) is 17.2 Å². The van der Waals surface area contributed by atoms with E-state index in [2.05, 4.69) is 4.98 Å². The summed E-state index contributed by atoms with van der Waals surface area (Å²) in [5, 5.41) is 6.40. The molecule has 1 heterocycles. The first-order valence-corrected chi connectivity index (χ1v) is 14.4. The van der Waals surface area contributed by atoms with E-state index >= 15 is 0 Å². The lowest BCUT2D eigenvalue weighted by Crippen LogP contribution is -2.23. The number of rotatable bonds is 8. The van der Waals surface area contributed by atoms with Crippen LogP contribution in [0, 0.1) is 11.6 Å². The molecule has 38 heavy (non-hydrogen) atoms. The summed E-state index contributed by atoms with van der Waals surface area (Å²) in [6.45, 7) is 3.95. The number of nitrogens with two attached hydrogens (primary N) is 1. The fourth-order valence-corrected chi connectivity index (χ4v) is 6.22. The Hall–Kier alpha value is -2.63. The van der Waals surface area contributed by atoms with Crippen LogP contribution in [0.5, 0.6) is 5.75 Å². The van der Waals surface area contributed by atoms with Gasteiger partial charge < -0.3 is 4.74 Å². The lowest BCUT2D eigenvalue weighted by molar-refractivity contribution is 0.414. The number of hydrogen-bond acceptors (Lipinski definition) is 5. The standard InChI is InChI=1S/C26H23Cl2F2N3O3S2/c1-26(2,16-11-19(27)24(36-3)20(28)12-16)23-13-32-25(33(23)18-7-5-17(29)6-8-18)37-14-15-4-9-21(30)22(10-15)38(31,34)35/h4-13H,14H2,1-3H3,(H2,31,34,35). The van der Waals surface area contributed by atoms with Gasteiger partial charge in [-0.2, -0.15) is 0 Å². The van der Waals surface area contributed by atoms with Crippen LogP contribution < -0.4 is 9.88 Å². The van der Waals surface area contributed by atoms with Crippen molar-refractivity contribution < 1.29 is 21.9 Å². The van der Waals surface area contributed by atoms with E-state index in [1.54, 1.807) is 30.5 Å². The van der Waals surface area contributed by atoms with Crippen molar-refractivity contribution in [1.82, 2.24) is 9.55 Å². The van der Waals surface area contributed by atoms with Gasteiger partial charge in [0, 0.05) is 16.9 Å². The number of ether oxygens (including phenoxy) is 1. The summed E-state index contributed by atoms with van der Waals surface area (Å²) < 4.78 is 58.4. The molecule has 4 aromatic rings. The zero-order valence-electron chi connectivity index (χ0n) is 20.5. The summed E-state index contributed by atoms with van der Waals surface area (Å²) in [6, 6.07) is 13.2. The fourth-order valence-electron chi connectivity index (χ4n) is 3.98. The van der Waals surface area contributed by atoms with Crippen molar-refractivity contribution in [2.24, 2.45) is 5.14 Å². The molecule has 0 aliphatic carbocycles. The quantitative estimate of drug-likeness (QED) is 0.227. The average molecular weight is 599 g/mol. The second-order valence-electron chi connectivity index (χ2n) is 8.93. The Morgan fingerprint density at radius 3 is 2.26 bits per heavy atom. The number of imidazole rings is 1. The summed E-state index contributed by atoms with van der Waals surface area (Å²) >= 11 is 14.1. The maximum Gasteiger partial charge on any atom is 0.240 e. The third-order valence-corrected chi connectivity index (χ3v) is 8.56. The molecule has 4 rings (SSSR count). The van der Waals surface area contributed by atoms with Crippen molar-refractivity contribution in [1.29, 1.82) is 0 Å². The first kappa shape index (κ1) is 28.4. The van der Waals surface area contributed by atoms with E-state index in [4.69, 9.17) is 33.1 Å². The van der Waals surface area contributed by atoms with Crippen LogP contribution in [0.4, 0.5) is 8.78 Å². The zero-order chi connectivity index (χ0) is 27.8. The van der Waals surface area contributed by atoms with Gasteiger partial charge in [-0.15, -0.1) is 0 Å². The Morgan fingerprint density at radius 1 is 1.05 bits per heavy atom. The Morgan fingerprint density at radius 2 is 1.68 bits per heavy atom. The molecule has 0 aliphatic heterocycles. The van der Waals surface area contributed by atoms with Crippen LogP contribution in [0.1, 0.15) is 30.7 Å². The summed E-state index contributed by atoms with van der Waals surface area (Å²) in [7, 11) is -2.74. The van der Waals surface area contributed by atoms with Gasteiger partial charge in [-0.25, -0.2) is 27.3 Å². The number of sulfonamides is 1. The molecule has 2 N–H and O–H groups in total. The minimum absolute atomic E-state index is 0.265. The molecule has 1 aromatic heterocycles. The fraction of sp³-hybridized carbons (Fsp3) is 0.192. The molecule has 0 fully saturated rings. The van der Waals surface area contributed by atoms with E-state index < -0.39 is 26.2 Å². The van der Waals surface area contributed by atoms with Gasteiger partial charge in [-0.1, -0.05) is 54.9 Å². The highest BCUT2D eigenvalue weighted by Gasteiger charge is 2.31. The maximum atomic E-state index is 14.0. The molecular weight excluding hydrogens is 575 g/mol. The molecule has 0 bridgehead atoms. The number of methoxy groups -OCH3 is 1. The predicted molar refractivity (Wildman–Crippen MR) is 146 cm³/mol. The van der Waals surface area contributed by atoms with Crippen molar-refractivity contribution in [3.05, 3.63) is 99.3 Å². The minimum atomic E-state index is -4.22. The van der Waals surface area contributed by atoms with E-state index in [1.807, 2.05) is 18.4 Å². The molecular formula is C26H23Cl2F2N3O3S2. The maximum absolute atomic E-state index is 14.0. The Labute approximate surface area is 233 Å². The third-order valence-electron chi connectivity index (χ3n) is 6.05. The number of aromatic nitrogens is 2. The van der Waals surface area contributed by atoms with Crippen LogP contribution in [0.25, 0.3) is 5.69 Å². The van der Waals surface area contributed by atoms with Crippen LogP contribution >= 0.6 is 35.0 Å². The molecule has 0 unspecified atom stereocenters. The Kier molecular flexibility index (Phi) is 8.11. The number of benzene rings is 3. The smallest absolute Gasteiger partial charge is 0.240 e. The van der Waals surface area contributed by atoms with Gasteiger partial charge >= 0.3 is 0 Å². The predicted octanol–water partition coefficient (Wildman–Crippen LogP) is 6.73. The van der Waals surface area contributed by atoms with Crippen molar-refractivity contribution >= 4 is 45.0 Å². The van der Waals surface area contributed by atoms with Crippen molar-refractivity contribution in [2.75, 3.05) is 7.11 Å². The lowest BCUT2D eigenvalue weighted by atomic mass is 9.81. The normalized spacial score (nSPS) is 12.1. The average Bonchev–Trinajstić information content (AvgIpc) is 3.28. The second kappa shape index (κ2) is 10.9. The molecule has 200 valence electrons. The number of thioether (sulfide) groups is 1. The number of hydrogen-bond donors (Lipinski definition) is 1. The van der Waals surface area contributed by atoms with Crippen LogP contribution in [0.15, 0.2) is 70.8 Å². The summed E-state index contributed by atoms with van der Waals surface area (Å²) in [4.78, 5) is 4.04. The van der Waals surface area contributed by atoms with Crippen LogP contribution in [-0.2, 0) is 21.2 Å². The van der Waals surface area contributed by atoms with E-state index in [1.165, 1.54) is 43.1 Å². The first-order chi connectivity index (χ1) is 17.8. The second-order valence-corrected chi connectivity index (χ2v) is 12.2. The zero-order valence-corrected chi connectivity index (χ0v) is 23.7. The lowest BCUT2D eigenvalue weighted by Gasteiger charge is -2.28. The molecule has 12 heteroatoms. The molecule has 0 radical (unpaired) electrons. The molecule has 0 amide bonds. The summed E-state index contributed by atoms with van der Waals surface area (Å²) in [5.41, 5.74) is 2.07. The highest BCUT2D eigenvalue weighted by Crippen LogP contribution is 2.42. The summed E-state index contributed by atoms with van der Waals surface area (Å²) in [5.74, 6) is -0.676. The van der Waals surface area contributed by atoms with Gasteiger partial charge in [-0.05, 0) is 59.7 Å². The van der Waals surface area contributed by atoms with Crippen molar-refractivity contribution in [2.45, 2.75) is 35.1 Å². The summed E-state index contributed by atoms with van der Waals surface area (Å²) in [6.07, 6.45) is 1.71. The van der Waals surface area contributed by atoms with E-state index in [0.29, 0.717) is 32.2 Å². The number of nitrogens with zero attached hydrogens (tertiary/aromatic N) is 2. The molecule has 0 spiro atoms. The van der Waals surface area contributed by atoms with Crippen LogP contribution in [0.2, 0.25) is 10.0 Å². The molecule has 3 aromatic carbocycles. The number of primary sulfonamides is 1. The highest BCUT2D eigenvalue weighted by atomic mass is 35.5. The van der Waals surface area contributed by atoms with Gasteiger partial charge in [0.25, 0.3) is 0 Å². The number of halogens is 4. The monoisotopic (exact) mass is 597 g/mol.